The van der Waals surface area contributed by atoms with Crippen molar-refractivity contribution in [3.63, 3.8) is 0 Å². The number of piperidine rings is 1. The van der Waals surface area contributed by atoms with Gasteiger partial charge in [-0.15, -0.1) is 11.3 Å². The van der Waals surface area contributed by atoms with Crippen LogP contribution >= 0.6 is 11.3 Å². The quantitative estimate of drug-likeness (QED) is 0.646. The molecule has 0 unspecified atom stereocenters. The first-order valence-electron chi connectivity index (χ1n) is 9.68. The highest BCUT2D eigenvalue weighted by Gasteiger charge is 2.26. The molecule has 1 saturated heterocycles. The van der Waals surface area contributed by atoms with Gasteiger partial charge in [0, 0.05) is 42.5 Å². The van der Waals surface area contributed by atoms with Crippen LogP contribution in [0.25, 0.3) is 21.6 Å². The van der Waals surface area contributed by atoms with E-state index in [0.29, 0.717) is 12.0 Å². The van der Waals surface area contributed by atoms with Gasteiger partial charge in [0.05, 0.1) is 5.69 Å². The molecule has 5 nitrogen and oxygen atoms in total. The van der Waals surface area contributed by atoms with E-state index >= 15 is 0 Å². The Morgan fingerprint density at radius 2 is 2.19 bits per heavy atom. The molecular weight excluding hydrogens is 356 g/mol. The van der Waals surface area contributed by atoms with E-state index < -0.39 is 0 Å². The van der Waals surface area contributed by atoms with E-state index in [1.165, 1.54) is 17.8 Å². The van der Waals surface area contributed by atoms with Crippen molar-refractivity contribution in [3.05, 3.63) is 35.1 Å². The van der Waals surface area contributed by atoms with Gasteiger partial charge in [-0.1, -0.05) is 6.92 Å². The SMILES string of the molecule is Cc1nc(-c2cn(C(C)C)c3ncccc23)sc1C(=O)N1CCC[C@@H](C)C1. The topological polar surface area (TPSA) is 51.0 Å². The predicted octanol–water partition coefficient (Wildman–Crippen LogP) is 4.92. The van der Waals surface area contributed by atoms with Crippen LogP contribution in [0.2, 0.25) is 0 Å². The number of likely N-dealkylation sites (tertiary alicyclic amines) is 1. The fourth-order valence-electron chi connectivity index (χ4n) is 3.87. The zero-order valence-corrected chi connectivity index (χ0v) is 17.2. The lowest BCUT2D eigenvalue weighted by molar-refractivity contribution is 0.0687. The number of fused-ring (bicyclic) bond motifs is 1. The summed E-state index contributed by atoms with van der Waals surface area (Å²) in [4.78, 5) is 25.2. The molecule has 0 saturated carbocycles. The minimum absolute atomic E-state index is 0.133. The van der Waals surface area contributed by atoms with Crippen molar-refractivity contribution in [1.29, 1.82) is 0 Å². The van der Waals surface area contributed by atoms with E-state index in [-0.39, 0.29) is 5.91 Å². The molecule has 0 radical (unpaired) electrons. The van der Waals surface area contributed by atoms with Crippen LogP contribution in [0.5, 0.6) is 0 Å². The molecule has 142 valence electrons. The second kappa shape index (κ2) is 7.08. The Morgan fingerprint density at radius 1 is 1.37 bits per heavy atom. The fraction of sp³-hybridized carbons (Fsp3) is 0.476. The van der Waals surface area contributed by atoms with Gasteiger partial charge in [0.2, 0.25) is 0 Å². The van der Waals surface area contributed by atoms with Gasteiger partial charge in [-0.05, 0) is 51.7 Å². The summed E-state index contributed by atoms with van der Waals surface area (Å²) < 4.78 is 2.18. The van der Waals surface area contributed by atoms with Crippen LogP contribution in [0.3, 0.4) is 0 Å². The van der Waals surface area contributed by atoms with E-state index in [0.717, 1.165) is 51.7 Å². The Kier molecular flexibility index (Phi) is 4.76. The lowest BCUT2D eigenvalue weighted by atomic mass is 10.0. The van der Waals surface area contributed by atoms with Crippen molar-refractivity contribution < 1.29 is 4.79 Å². The van der Waals surface area contributed by atoms with Gasteiger partial charge < -0.3 is 9.47 Å². The van der Waals surface area contributed by atoms with Crippen molar-refractivity contribution in [3.8, 4) is 10.6 Å². The van der Waals surface area contributed by atoms with Crippen LogP contribution in [0, 0.1) is 12.8 Å². The molecule has 3 aromatic heterocycles. The van der Waals surface area contributed by atoms with Crippen molar-refractivity contribution in [2.24, 2.45) is 5.92 Å². The number of aryl methyl sites for hydroxylation is 1. The Bertz CT molecular complexity index is 987. The molecule has 4 rings (SSSR count). The molecule has 0 N–H and O–H groups in total. The van der Waals surface area contributed by atoms with Crippen molar-refractivity contribution >= 4 is 28.3 Å². The molecule has 27 heavy (non-hydrogen) atoms. The smallest absolute Gasteiger partial charge is 0.265 e. The van der Waals surface area contributed by atoms with Crippen LogP contribution in [0.15, 0.2) is 24.5 Å². The van der Waals surface area contributed by atoms with Gasteiger partial charge >= 0.3 is 0 Å². The number of amides is 1. The van der Waals surface area contributed by atoms with Crippen LogP contribution in [-0.2, 0) is 0 Å². The number of thiazole rings is 1. The highest BCUT2D eigenvalue weighted by Crippen LogP contribution is 2.36. The van der Waals surface area contributed by atoms with Gasteiger partial charge in [0.1, 0.15) is 15.5 Å². The zero-order chi connectivity index (χ0) is 19.1. The molecule has 4 heterocycles. The summed E-state index contributed by atoms with van der Waals surface area (Å²) in [7, 11) is 0. The summed E-state index contributed by atoms with van der Waals surface area (Å²) >= 11 is 1.51. The Balaban J connectivity index is 1.74. The van der Waals surface area contributed by atoms with E-state index in [1.54, 1.807) is 0 Å². The fourth-order valence-corrected chi connectivity index (χ4v) is 4.93. The van der Waals surface area contributed by atoms with Crippen molar-refractivity contribution in [2.45, 2.75) is 46.6 Å². The highest BCUT2D eigenvalue weighted by atomic mass is 32.1. The summed E-state index contributed by atoms with van der Waals surface area (Å²) in [5.41, 5.74) is 2.85. The Morgan fingerprint density at radius 3 is 2.93 bits per heavy atom. The first-order valence-corrected chi connectivity index (χ1v) is 10.5. The van der Waals surface area contributed by atoms with E-state index in [4.69, 9.17) is 4.98 Å². The van der Waals surface area contributed by atoms with Crippen LogP contribution in [0.4, 0.5) is 0 Å². The van der Waals surface area contributed by atoms with Gasteiger partial charge in [-0.3, -0.25) is 4.79 Å². The summed E-state index contributed by atoms with van der Waals surface area (Å²) in [6.45, 7) is 10.2. The molecule has 0 bridgehead atoms. The highest BCUT2D eigenvalue weighted by molar-refractivity contribution is 7.17. The molecule has 0 aromatic carbocycles. The molecule has 0 aliphatic carbocycles. The van der Waals surface area contributed by atoms with E-state index in [9.17, 15) is 4.79 Å². The number of carbonyl (C=O) groups excluding carboxylic acids is 1. The molecule has 1 aliphatic heterocycles. The number of hydrogen-bond donors (Lipinski definition) is 0. The predicted molar refractivity (Wildman–Crippen MR) is 110 cm³/mol. The Labute approximate surface area is 164 Å². The maximum absolute atomic E-state index is 13.1. The van der Waals surface area contributed by atoms with Gasteiger partial charge in [-0.25, -0.2) is 9.97 Å². The molecule has 0 spiro atoms. The second-order valence-corrected chi connectivity index (χ2v) is 8.85. The Hall–Kier alpha value is -2.21. The molecule has 1 aliphatic rings. The average Bonchev–Trinajstić information content (AvgIpc) is 3.22. The molecule has 3 aromatic rings. The average molecular weight is 383 g/mol. The maximum atomic E-state index is 13.1. The molecule has 6 heteroatoms. The molecular formula is C21H26N4OS. The number of aromatic nitrogens is 3. The van der Waals surface area contributed by atoms with Crippen molar-refractivity contribution in [1.82, 2.24) is 19.4 Å². The number of nitrogens with zero attached hydrogens (tertiary/aromatic N) is 4. The third-order valence-electron chi connectivity index (χ3n) is 5.31. The number of carbonyl (C=O) groups is 1. The first-order chi connectivity index (χ1) is 13.0. The van der Waals surface area contributed by atoms with Crippen molar-refractivity contribution in [2.75, 3.05) is 13.1 Å². The number of rotatable bonds is 3. The summed E-state index contributed by atoms with van der Waals surface area (Å²) in [6.07, 6.45) is 6.24. The molecule has 1 fully saturated rings. The minimum Gasteiger partial charge on any atom is -0.338 e. The zero-order valence-electron chi connectivity index (χ0n) is 16.4. The van der Waals surface area contributed by atoms with Gasteiger partial charge in [0.15, 0.2) is 0 Å². The van der Waals surface area contributed by atoms with Gasteiger partial charge in [-0.2, -0.15) is 0 Å². The van der Waals surface area contributed by atoms with E-state index in [1.807, 2.05) is 24.1 Å². The molecule has 1 amide bonds. The first kappa shape index (κ1) is 18.2. The molecule has 1 atom stereocenters. The van der Waals surface area contributed by atoms with Crippen LogP contribution < -0.4 is 0 Å². The summed E-state index contributed by atoms with van der Waals surface area (Å²) in [5, 5.41) is 1.99. The van der Waals surface area contributed by atoms with Crippen LogP contribution in [0.1, 0.15) is 55.0 Å². The standard InChI is InChI=1S/C21H26N4OS/c1-13(2)25-12-17(16-8-5-9-22-19(16)25)20-23-15(4)18(27-20)21(26)24-10-6-7-14(3)11-24/h5,8-9,12-14H,6-7,10-11H2,1-4H3/t14-/m1/s1. The third kappa shape index (κ3) is 3.27. The summed E-state index contributed by atoms with van der Waals surface area (Å²) in [6, 6.07) is 4.35. The van der Waals surface area contributed by atoms with Gasteiger partial charge in [0.25, 0.3) is 5.91 Å². The monoisotopic (exact) mass is 382 g/mol. The second-order valence-electron chi connectivity index (χ2n) is 7.85. The maximum Gasteiger partial charge on any atom is 0.265 e. The number of hydrogen-bond acceptors (Lipinski definition) is 4. The largest absolute Gasteiger partial charge is 0.338 e. The minimum atomic E-state index is 0.133. The number of pyridine rings is 1. The third-order valence-corrected chi connectivity index (χ3v) is 6.49. The van der Waals surface area contributed by atoms with E-state index in [2.05, 4.69) is 42.6 Å². The normalized spacial score (nSPS) is 17.8. The lowest BCUT2D eigenvalue weighted by Gasteiger charge is -2.30. The summed E-state index contributed by atoms with van der Waals surface area (Å²) in [5.74, 6) is 0.707. The van der Waals surface area contributed by atoms with Crippen LogP contribution in [-0.4, -0.2) is 38.4 Å². The lowest BCUT2D eigenvalue weighted by Crippen LogP contribution is -2.39.